The molecule has 5 rings (SSSR count). The fourth-order valence-electron chi connectivity index (χ4n) is 5.38. The summed E-state index contributed by atoms with van der Waals surface area (Å²) < 4.78 is 20.9. The molecular formula is C29H35N5O6S. The zero-order valence-electron chi connectivity index (χ0n) is 23.0. The lowest BCUT2D eigenvalue weighted by molar-refractivity contribution is -0.136. The van der Waals surface area contributed by atoms with Crippen LogP contribution in [-0.4, -0.2) is 93.7 Å². The zero-order chi connectivity index (χ0) is 29.1. The Hall–Kier alpha value is -3.45. The van der Waals surface area contributed by atoms with Crippen molar-refractivity contribution < 1.29 is 28.1 Å². The van der Waals surface area contributed by atoms with Crippen LogP contribution >= 0.6 is 0 Å². The molecule has 0 spiro atoms. The van der Waals surface area contributed by atoms with Crippen molar-refractivity contribution in [1.29, 1.82) is 0 Å². The van der Waals surface area contributed by atoms with Crippen LogP contribution in [0.1, 0.15) is 52.0 Å². The number of nitrogens with two attached hydrogens (primary N) is 1. The van der Waals surface area contributed by atoms with Gasteiger partial charge in [-0.25, -0.2) is 8.51 Å². The summed E-state index contributed by atoms with van der Waals surface area (Å²) in [5, 5.41) is 2.26. The summed E-state index contributed by atoms with van der Waals surface area (Å²) in [6, 6.07) is 11.9. The average Bonchev–Trinajstić information content (AvgIpc) is 2.95. The molecule has 3 heterocycles. The molecular weight excluding hydrogens is 546 g/mol. The number of likely N-dealkylation sites (N-methyl/N-ethyl adjacent to an activating group) is 1. The van der Waals surface area contributed by atoms with E-state index in [0.717, 1.165) is 42.1 Å². The molecule has 41 heavy (non-hydrogen) atoms. The number of nitrogens with zero attached hydrogens (tertiary/aromatic N) is 3. The number of aldehydes is 1. The van der Waals surface area contributed by atoms with E-state index in [0.29, 0.717) is 25.9 Å². The predicted molar refractivity (Wildman–Crippen MR) is 151 cm³/mol. The number of piperidine rings is 2. The summed E-state index contributed by atoms with van der Waals surface area (Å²) in [5.41, 5.74) is 7.29. The molecule has 2 aromatic rings. The van der Waals surface area contributed by atoms with Crippen LogP contribution in [-0.2, 0) is 27.1 Å². The number of carbonyl (C=O) groups excluding carboxylic acids is 4. The lowest BCUT2D eigenvalue weighted by Crippen LogP contribution is -2.53. The summed E-state index contributed by atoms with van der Waals surface area (Å²) in [6.07, 6.45) is 2.74. The molecule has 0 radical (unpaired) electrons. The molecule has 0 aromatic heterocycles. The number of hydrogen-bond donors (Lipinski definition) is 2. The molecule has 0 aliphatic carbocycles. The van der Waals surface area contributed by atoms with Crippen molar-refractivity contribution in [2.75, 3.05) is 33.2 Å². The number of imide groups is 1. The molecule has 0 bridgehead atoms. The minimum Gasteiger partial charge on any atom is -0.488 e. The minimum atomic E-state index is -1.21. The number of ether oxygens (including phenoxy) is 1. The van der Waals surface area contributed by atoms with E-state index in [1.54, 1.807) is 12.1 Å². The van der Waals surface area contributed by atoms with Crippen molar-refractivity contribution in [3.05, 3.63) is 59.2 Å². The van der Waals surface area contributed by atoms with E-state index < -0.39 is 28.8 Å². The van der Waals surface area contributed by atoms with Gasteiger partial charge >= 0.3 is 0 Å². The molecule has 2 aromatic carbocycles. The maximum absolute atomic E-state index is 13.2. The Morgan fingerprint density at radius 2 is 1.83 bits per heavy atom. The highest BCUT2D eigenvalue weighted by Crippen LogP contribution is 2.24. The second kappa shape index (κ2) is 12.6. The van der Waals surface area contributed by atoms with Crippen molar-refractivity contribution >= 4 is 35.0 Å². The lowest BCUT2D eigenvalue weighted by atomic mass is 9.99. The van der Waals surface area contributed by atoms with Crippen molar-refractivity contribution in [3.63, 3.8) is 0 Å². The molecule has 11 nitrogen and oxygen atoms in total. The quantitative estimate of drug-likeness (QED) is 0.331. The SMILES string of the molecule is CN(C(=O)c1cc(CN2CC(Oc3ccc(S(=O)N4CCC(N)CC4)cc3)C2)ccc1C=O)C1CCC(=O)NC1=O. The molecule has 3 N–H and O–H groups in total. The first-order valence-electron chi connectivity index (χ1n) is 13.8. The smallest absolute Gasteiger partial charge is 0.255 e. The molecule has 3 fully saturated rings. The molecule has 218 valence electrons. The maximum Gasteiger partial charge on any atom is 0.255 e. The monoisotopic (exact) mass is 581 g/mol. The van der Waals surface area contributed by atoms with E-state index in [2.05, 4.69) is 10.2 Å². The summed E-state index contributed by atoms with van der Waals surface area (Å²) in [6.45, 7) is 3.41. The Balaban J connectivity index is 1.14. The van der Waals surface area contributed by atoms with Gasteiger partial charge in [-0.1, -0.05) is 12.1 Å². The van der Waals surface area contributed by atoms with E-state index in [1.807, 2.05) is 34.6 Å². The van der Waals surface area contributed by atoms with Gasteiger partial charge in [0.1, 0.15) is 28.9 Å². The third kappa shape index (κ3) is 6.72. The van der Waals surface area contributed by atoms with Crippen LogP contribution in [0.25, 0.3) is 0 Å². The maximum atomic E-state index is 13.2. The highest BCUT2D eigenvalue weighted by Gasteiger charge is 2.34. The molecule has 0 saturated carbocycles. The first-order chi connectivity index (χ1) is 19.7. The Morgan fingerprint density at radius 3 is 2.49 bits per heavy atom. The lowest BCUT2D eigenvalue weighted by Gasteiger charge is -2.39. The minimum absolute atomic E-state index is 0.00365. The van der Waals surface area contributed by atoms with Crippen LogP contribution in [0.2, 0.25) is 0 Å². The fraction of sp³-hybridized carbons (Fsp3) is 0.448. The fourth-order valence-corrected chi connectivity index (χ4v) is 6.58. The number of amides is 3. The summed E-state index contributed by atoms with van der Waals surface area (Å²) in [7, 11) is 0.303. The highest BCUT2D eigenvalue weighted by molar-refractivity contribution is 7.82. The van der Waals surface area contributed by atoms with E-state index in [-0.39, 0.29) is 42.0 Å². The first-order valence-corrected chi connectivity index (χ1v) is 14.9. The van der Waals surface area contributed by atoms with E-state index in [1.165, 1.54) is 11.9 Å². The number of benzene rings is 2. The van der Waals surface area contributed by atoms with Crippen molar-refractivity contribution in [2.45, 2.75) is 55.3 Å². The first kappa shape index (κ1) is 29.1. The Labute approximate surface area is 241 Å². The third-order valence-corrected chi connectivity index (χ3v) is 9.37. The van der Waals surface area contributed by atoms with Crippen molar-refractivity contribution in [2.24, 2.45) is 5.73 Å². The van der Waals surface area contributed by atoms with Gasteiger partial charge < -0.3 is 15.4 Å². The number of likely N-dealkylation sites (tertiary alicyclic amines) is 1. The molecule has 3 saturated heterocycles. The van der Waals surface area contributed by atoms with Gasteiger partial charge in [-0.15, -0.1) is 0 Å². The van der Waals surface area contributed by atoms with Gasteiger partial charge in [-0.05, 0) is 55.2 Å². The highest BCUT2D eigenvalue weighted by atomic mass is 32.2. The standard InChI is InChI=1S/C29H35N5O6S/c1-32(26-8-9-27(36)31-28(26)37)29(38)25-14-19(2-3-20(25)18-35)15-33-16-23(17-33)40-22-4-6-24(7-5-22)41(39)34-12-10-21(30)11-13-34/h2-7,14,18,21,23,26H,8-13,15-17,30H2,1H3,(H,31,36,37). The Kier molecular flexibility index (Phi) is 8.93. The molecule has 3 aliphatic rings. The number of carbonyl (C=O) groups is 4. The number of rotatable bonds is 9. The summed E-state index contributed by atoms with van der Waals surface area (Å²) in [5.74, 6) is -0.591. The van der Waals surface area contributed by atoms with Gasteiger partial charge in [0, 0.05) is 57.8 Å². The van der Waals surface area contributed by atoms with Crippen LogP contribution in [0.15, 0.2) is 47.4 Å². The second-order valence-corrected chi connectivity index (χ2v) is 12.3. The van der Waals surface area contributed by atoms with Crippen molar-refractivity contribution in [3.8, 4) is 5.75 Å². The normalized spacial score (nSPS) is 21.6. The van der Waals surface area contributed by atoms with Gasteiger partial charge in [-0.2, -0.15) is 0 Å². The largest absolute Gasteiger partial charge is 0.488 e. The summed E-state index contributed by atoms with van der Waals surface area (Å²) >= 11 is 0. The molecule has 3 aliphatic heterocycles. The van der Waals surface area contributed by atoms with E-state index in [4.69, 9.17) is 10.5 Å². The Morgan fingerprint density at radius 1 is 1.12 bits per heavy atom. The molecule has 2 unspecified atom stereocenters. The van der Waals surface area contributed by atoms with Gasteiger partial charge in [-0.3, -0.25) is 29.4 Å². The van der Waals surface area contributed by atoms with Gasteiger partial charge in [0.2, 0.25) is 11.8 Å². The van der Waals surface area contributed by atoms with Crippen molar-refractivity contribution in [1.82, 2.24) is 19.4 Å². The summed E-state index contributed by atoms with van der Waals surface area (Å²) in [4.78, 5) is 52.8. The van der Waals surface area contributed by atoms with Crippen LogP contribution in [0.5, 0.6) is 5.75 Å². The predicted octanol–water partition coefficient (Wildman–Crippen LogP) is 1.09. The van der Waals surface area contributed by atoms with Crippen LogP contribution in [0.4, 0.5) is 0 Å². The Bertz CT molecular complexity index is 1340. The zero-order valence-corrected chi connectivity index (χ0v) is 23.8. The second-order valence-electron chi connectivity index (χ2n) is 10.8. The third-order valence-electron chi connectivity index (χ3n) is 7.86. The van der Waals surface area contributed by atoms with Crippen LogP contribution in [0.3, 0.4) is 0 Å². The molecule has 12 heteroatoms. The van der Waals surface area contributed by atoms with Gasteiger partial charge in [0.15, 0.2) is 6.29 Å². The van der Waals surface area contributed by atoms with Gasteiger partial charge in [0.25, 0.3) is 5.91 Å². The van der Waals surface area contributed by atoms with E-state index >= 15 is 0 Å². The molecule has 2 atom stereocenters. The van der Waals surface area contributed by atoms with Crippen LogP contribution < -0.4 is 15.8 Å². The van der Waals surface area contributed by atoms with Gasteiger partial charge in [0.05, 0.1) is 10.5 Å². The van der Waals surface area contributed by atoms with E-state index in [9.17, 15) is 23.4 Å². The topological polar surface area (TPSA) is 142 Å². The average molecular weight is 582 g/mol. The number of nitrogens with one attached hydrogen (secondary N) is 1. The van der Waals surface area contributed by atoms with Crippen LogP contribution in [0, 0.1) is 0 Å². The molecule has 3 amide bonds. The number of hydrogen-bond acceptors (Lipinski definition) is 8.